The van der Waals surface area contributed by atoms with Crippen molar-refractivity contribution in [3.8, 4) is 6.07 Å². The maximum Gasteiger partial charge on any atom is 0.235 e. The van der Waals surface area contributed by atoms with Crippen molar-refractivity contribution in [3.05, 3.63) is 34.9 Å². The molecule has 2 aliphatic rings. The van der Waals surface area contributed by atoms with Gasteiger partial charge in [-0.2, -0.15) is 5.26 Å². The molecule has 0 heterocycles. The number of carbonyl (C=O) groups is 1. The summed E-state index contributed by atoms with van der Waals surface area (Å²) in [5.74, 6) is 0.187. The molecule has 1 aromatic rings. The van der Waals surface area contributed by atoms with Crippen LogP contribution in [0.3, 0.4) is 0 Å². The predicted octanol–water partition coefficient (Wildman–Crippen LogP) is 3.12. The molecule has 1 aromatic carbocycles. The average molecular weight is 332 g/mol. The van der Waals surface area contributed by atoms with Crippen LogP contribution in [0.5, 0.6) is 0 Å². The van der Waals surface area contributed by atoms with Gasteiger partial charge >= 0.3 is 0 Å². The van der Waals surface area contributed by atoms with Gasteiger partial charge in [0.25, 0.3) is 0 Å². The number of amides is 1. The molecule has 0 aromatic heterocycles. The number of hydrogen-bond donors (Lipinski definition) is 2. The van der Waals surface area contributed by atoms with Crippen LogP contribution < -0.4 is 10.6 Å². The largest absolute Gasteiger partial charge is 0.337 e. The zero-order valence-corrected chi connectivity index (χ0v) is 14.1. The van der Waals surface area contributed by atoms with Gasteiger partial charge in [-0.25, -0.2) is 0 Å². The van der Waals surface area contributed by atoms with Crippen LogP contribution >= 0.6 is 11.6 Å². The molecule has 0 aliphatic heterocycles. The highest BCUT2D eigenvalue weighted by molar-refractivity contribution is 6.30. The standard InChI is InChI=1S/C18H22ClN3O/c1-17(12-20,13-3-4-13)22-16(23)11-21-18(9-2-10-18)14-5-7-15(19)8-6-14/h5-8,13,21H,2-4,9-11H2,1H3,(H,22,23)/t17-/m0/s1. The number of nitrogens with zero attached hydrogens (tertiary/aromatic N) is 1. The summed E-state index contributed by atoms with van der Waals surface area (Å²) >= 11 is 5.96. The topological polar surface area (TPSA) is 64.9 Å². The van der Waals surface area contributed by atoms with Crippen molar-refractivity contribution in [3.63, 3.8) is 0 Å². The Morgan fingerprint density at radius 2 is 2.04 bits per heavy atom. The third-order valence-corrected chi connectivity index (χ3v) is 5.47. The maximum atomic E-state index is 12.3. The van der Waals surface area contributed by atoms with Crippen molar-refractivity contribution in [1.82, 2.24) is 10.6 Å². The van der Waals surface area contributed by atoms with Crippen LogP contribution in [-0.4, -0.2) is 18.0 Å². The lowest BCUT2D eigenvalue weighted by molar-refractivity contribution is -0.122. The lowest BCUT2D eigenvalue weighted by Crippen LogP contribution is -2.54. The number of halogens is 1. The molecule has 1 atom stereocenters. The average Bonchev–Trinajstić information content (AvgIpc) is 3.33. The summed E-state index contributed by atoms with van der Waals surface area (Å²) in [5.41, 5.74) is 0.308. The van der Waals surface area contributed by atoms with E-state index in [-0.39, 0.29) is 18.0 Å². The third-order valence-electron chi connectivity index (χ3n) is 5.22. The molecule has 0 unspecified atom stereocenters. The molecule has 0 saturated heterocycles. The molecular weight excluding hydrogens is 310 g/mol. The van der Waals surface area contributed by atoms with Gasteiger partial charge in [0.05, 0.1) is 12.6 Å². The molecule has 4 nitrogen and oxygen atoms in total. The van der Waals surface area contributed by atoms with Crippen LogP contribution in [0, 0.1) is 17.2 Å². The van der Waals surface area contributed by atoms with Crippen molar-refractivity contribution >= 4 is 17.5 Å². The van der Waals surface area contributed by atoms with E-state index < -0.39 is 5.54 Å². The maximum absolute atomic E-state index is 12.3. The second-order valence-corrected chi connectivity index (χ2v) is 7.37. The summed E-state index contributed by atoms with van der Waals surface area (Å²) in [7, 11) is 0. The Hall–Kier alpha value is -1.57. The van der Waals surface area contributed by atoms with E-state index >= 15 is 0 Å². The van der Waals surface area contributed by atoms with E-state index in [1.54, 1.807) is 0 Å². The molecule has 2 aliphatic carbocycles. The van der Waals surface area contributed by atoms with Crippen molar-refractivity contribution in [1.29, 1.82) is 5.26 Å². The minimum absolute atomic E-state index is 0.110. The highest BCUT2D eigenvalue weighted by atomic mass is 35.5. The van der Waals surface area contributed by atoms with Crippen LogP contribution in [0.1, 0.15) is 44.6 Å². The zero-order chi connectivity index (χ0) is 16.5. The van der Waals surface area contributed by atoms with Crippen molar-refractivity contribution in [2.45, 2.75) is 50.1 Å². The van der Waals surface area contributed by atoms with Gasteiger partial charge in [0.15, 0.2) is 0 Å². The molecule has 3 rings (SSSR count). The van der Waals surface area contributed by atoms with Crippen LogP contribution in [-0.2, 0) is 10.3 Å². The minimum Gasteiger partial charge on any atom is -0.337 e. The number of hydrogen-bond acceptors (Lipinski definition) is 3. The van der Waals surface area contributed by atoms with Crippen LogP contribution in [0.25, 0.3) is 0 Å². The Labute approximate surface area is 142 Å². The van der Waals surface area contributed by atoms with Gasteiger partial charge in [0.1, 0.15) is 5.54 Å². The first kappa shape index (κ1) is 16.3. The van der Waals surface area contributed by atoms with E-state index in [2.05, 4.69) is 16.7 Å². The van der Waals surface area contributed by atoms with E-state index in [1.165, 1.54) is 5.56 Å². The quantitative estimate of drug-likeness (QED) is 0.841. The fourth-order valence-corrected chi connectivity index (χ4v) is 3.46. The lowest BCUT2D eigenvalue weighted by atomic mass is 9.72. The second-order valence-electron chi connectivity index (χ2n) is 6.93. The first-order valence-corrected chi connectivity index (χ1v) is 8.59. The smallest absolute Gasteiger partial charge is 0.235 e. The monoisotopic (exact) mass is 331 g/mol. The molecule has 23 heavy (non-hydrogen) atoms. The molecule has 0 bridgehead atoms. The Morgan fingerprint density at radius 1 is 1.39 bits per heavy atom. The van der Waals surface area contributed by atoms with E-state index in [0.29, 0.717) is 5.92 Å². The van der Waals surface area contributed by atoms with E-state index in [9.17, 15) is 10.1 Å². The Morgan fingerprint density at radius 3 is 2.52 bits per heavy atom. The molecule has 2 saturated carbocycles. The number of nitriles is 1. The van der Waals surface area contributed by atoms with Crippen molar-refractivity contribution < 1.29 is 4.79 Å². The SMILES string of the molecule is C[C@@](C#N)(NC(=O)CNC1(c2ccc(Cl)cc2)CCC1)C1CC1. The number of rotatable bonds is 6. The number of benzene rings is 1. The van der Waals surface area contributed by atoms with Gasteiger partial charge in [-0.05, 0) is 62.6 Å². The fourth-order valence-electron chi connectivity index (χ4n) is 3.33. The highest BCUT2D eigenvalue weighted by Crippen LogP contribution is 2.41. The van der Waals surface area contributed by atoms with E-state index in [1.807, 2.05) is 31.2 Å². The summed E-state index contributed by atoms with van der Waals surface area (Å²) in [6.45, 7) is 2.05. The van der Waals surface area contributed by atoms with Gasteiger partial charge in [0.2, 0.25) is 5.91 Å². The van der Waals surface area contributed by atoms with Gasteiger partial charge in [-0.1, -0.05) is 23.7 Å². The molecule has 5 heteroatoms. The zero-order valence-electron chi connectivity index (χ0n) is 13.4. The van der Waals surface area contributed by atoms with E-state index in [0.717, 1.165) is 37.1 Å². The fraction of sp³-hybridized carbons (Fsp3) is 0.556. The number of nitrogens with one attached hydrogen (secondary N) is 2. The summed E-state index contributed by atoms with van der Waals surface area (Å²) in [6.07, 6.45) is 5.22. The van der Waals surface area contributed by atoms with Gasteiger partial charge in [-0.3, -0.25) is 10.1 Å². The Kier molecular flexibility index (Phi) is 4.35. The molecule has 1 amide bonds. The molecule has 2 fully saturated rings. The lowest BCUT2D eigenvalue weighted by Gasteiger charge is -2.43. The van der Waals surface area contributed by atoms with Gasteiger partial charge in [0, 0.05) is 10.6 Å². The summed E-state index contributed by atoms with van der Waals surface area (Å²) in [6, 6.07) is 10.1. The number of carbonyl (C=O) groups excluding carboxylic acids is 1. The Bertz CT molecular complexity index is 629. The normalized spacial score (nSPS) is 21.6. The van der Waals surface area contributed by atoms with Crippen LogP contribution in [0.4, 0.5) is 0 Å². The molecular formula is C18H22ClN3O. The van der Waals surface area contributed by atoms with E-state index in [4.69, 9.17) is 11.6 Å². The summed E-state index contributed by atoms with van der Waals surface area (Å²) in [4.78, 5) is 12.3. The minimum atomic E-state index is -0.730. The van der Waals surface area contributed by atoms with Crippen LogP contribution in [0.2, 0.25) is 5.02 Å². The first-order valence-electron chi connectivity index (χ1n) is 8.21. The molecule has 2 N–H and O–H groups in total. The highest BCUT2D eigenvalue weighted by Gasteiger charge is 2.43. The summed E-state index contributed by atoms with van der Waals surface area (Å²) in [5, 5.41) is 16.4. The predicted molar refractivity (Wildman–Crippen MR) is 89.9 cm³/mol. The molecule has 0 spiro atoms. The Balaban J connectivity index is 1.61. The van der Waals surface area contributed by atoms with Crippen LogP contribution in [0.15, 0.2) is 24.3 Å². The van der Waals surface area contributed by atoms with Crippen molar-refractivity contribution in [2.24, 2.45) is 5.92 Å². The molecule has 0 radical (unpaired) electrons. The first-order chi connectivity index (χ1) is 11.0. The third kappa shape index (κ3) is 3.36. The van der Waals surface area contributed by atoms with Gasteiger partial charge < -0.3 is 5.32 Å². The second kappa shape index (κ2) is 6.14. The summed E-state index contributed by atoms with van der Waals surface area (Å²) < 4.78 is 0. The van der Waals surface area contributed by atoms with Crippen molar-refractivity contribution in [2.75, 3.05) is 6.54 Å². The van der Waals surface area contributed by atoms with Gasteiger partial charge in [-0.15, -0.1) is 0 Å². The molecule has 122 valence electrons.